The summed E-state index contributed by atoms with van der Waals surface area (Å²) in [5, 5.41) is 4.51. The van der Waals surface area contributed by atoms with Crippen LogP contribution in [0.3, 0.4) is 0 Å². The minimum absolute atomic E-state index is 0.0870. The smallest absolute Gasteiger partial charge is 0.384 e. The van der Waals surface area contributed by atoms with Crippen molar-refractivity contribution in [2.24, 2.45) is 0 Å². The van der Waals surface area contributed by atoms with Crippen molar-refractivity contribution < 1.29 is 29.0 Å². The van der Waals surface area contributed by atoms with Crippen LogP contribution in [0.2, 0.25) is 0 Å². The molecule has 0 aliphatic heterocycles. The van der Waals surface area contributed by atoms with E-state index in [1.807, 2.05) is 42.5 Å². The third-order valence-corrected chi connectivity index (χ3v) is 7.01. The van der Waals surface area contributed by atoms with E-state index in [0.717, 1.165) is 24.0 Å². The fourth-order valence-electron chi connectivity index (χ4n) is 4.60. The predicted octanol–water partition coefficient (Wildman–Crippen LogP) is 7.46. The van der Waals surface area contributed by atoms with Gasteiger partial charge in [-0.1, -0.05) is 126 Å². The molecule has 0 saturated carbocycles. The van der Waals surface area contributed by atoms with Crippen LogP contribution in [-0.4, -0.2) is 35.6 Å². The number of ether oxygens (including phenoxy) is 1. The summed E-state index contributed by atoms with van der Waals surface area (Å²) in [4.78, 5) is 46.7. The number of esters is 1. The van der Waals surface area contributed by atoms with Gasteiger partial charge < -0.3 is 10.1 Å². The van der Waals surface area contributed by atoms with Crippen molar-refractivity contribution in [1.82, 2.24) is 10.4 Å². The molecule has 232 valence electrons. The van der Waals surface area contributed by atoms with E-state index in [4.69, 9.17) is 14.6 Å². The topological polar surface area (TPSA) is 94.2 Å². The lowest BCUT2D eigenvalue weighted by atomic mass is 10.1. The van der Waals surface area contributed by atoms with Crippen LogP contribution >= 0.6 is 0 Å². The third-order valence-electron chi connectivity index (χ3n) is 7.01. The Kier molecular flexibility index (Phi) is 17.9. The third kappa shape index (κ3) is 15.1. The number of unbranched alkanes of at least 4 members (excludes halogenated alkanes) is 10. The molecule has 8 nitrogen and oxygen atoms in total. The van der Waals surface area contributed by atoms with Crippen molar-refractivity contribution in [3.63, 3.8) is 0 Å². The minimum atomic E-state index is -1.04. The standard InChI is InChI=1S/C34H50N2O6/c1-4-6-7-8-9-10-11-12-13-14-18-25-35-33(38)31-23-21-30(22-24-31)27-36(26-29-19-16-15-17-20-29)42-41-34(39)32(5-2)40-28(3)37/h15-17,19-24,32H,4-14,18,25-27H2,1-3H3,(H,35,38). The molecule has 0 heterocycles. The van der Waals surface area contributed by atoms with Crippen LogP contribution in [0.15, 0.2) is 54.6 Å². The number of benzene rings is 2. The molecule has 0 aliphatic carbocycles. The van der Waals surface area contributed by atoms with E-state index in [1.165, 1.54) is 69.8 Å². The summed E-state index contributed by atoms with van der Waals surface area (Å²) < 4.78 is 4.99. The molecule has 2 rings (SSSR count). The molecule has 2 aromatic carbocycles. The van der Waals surface area contributed by atoms with E-state index >= 15 is 0 Å². The van der Waals surface area contributed by atoms with Crippen LogP contribution in [0.5, 0.6) is 0 Å². The van der Waals surface area contributed by atoms with Gasteiger partial charge in [-0.15, -0.1) is 5.06 Å². The zero-order valence-electron chi connectivity index (χ0n) is 25.8. The van der Waals surface area contributed by atoms with Crippen molar-refractivity contribution in [2.75, 3.05) is 6.54 Å². The molecule has 0 aliphatic rings. The fraction of sp³-hybridized carbons (Fsp3) is 0.559. The monoisotopic (exact) mass is 582 g/mol. The Hall–Kier alpha value is -3.23. The number of amides is 1. The number of hydrogen-bond donors (Lipinski definition) is 1. The maximum Gasteiger partial charge on any atom is 0.384 e. The molecule has 1 amide bonds. The average Bonchev–Trinajstić information content (AvgIpc) is 2.99. The van der Waals surface area contributed by atoms with Crippen molar-refractivity contribution in [3.05, 3.63) is 71.3 Å². The Morgan fingerprint density at radius 1 is 0.738 bits per heavy atom. The van der Waals surface area contributed by atoms with E-state index < -0.39 is 18.0 Å². The Morgan fingerprint density at radius 2 is 1.29 bits per heavy atom. The highest BCUT2D eigenvalue weighted by Gasteiger charge is 2.24. The van der Waals surface area contributed by atoms with E-state index in [9.17, 15) is 14.4 Å². The van der Waals surface area contributed by atoms with Gasteiger partial charge in [0, 0.05) is 19.0 Å². The summed E-state index contributed by atoms with van der Waals surface area (Å²) in [6.45, 7) is 6.52. The van der Waals surface area contributed by atoms with Gasteiger partial charge in [0.05, 0.1) is 13.1 Å². The molecule has 42 heavy (non-hydrogen) atoms. The molecule has 2 aromatic rings. The summed E-state index contributed by atoms with van der Waals surface area (Å²) in [6, 6.07) is 16.9. The quantitative estimate of drug-likeness (QED) is 0.0666. The maximum absolute atomic E-state index is 12.6. The summed E-state index contributed by atoms with van der Waals surface area (Å²) in [7, 11) is 0. The van der Waals surface area contributed by atoms with E-state index in [2.05, 4.69) is 12.2 Å². The number of nitrogens with one attached hydrogen (secondary N) is 1. The second-order valence-corrected chi connectivity index (χ2v) is 10.8. The fourth-order valence-corrected chi connectivity index (χ4v) is 4.60. The Balaban J connectivity index is 1.77. The first-order valence-corrected chi connectivity index (χ1v) is 15.6. The van der Waals surface area contributed by atoms with Gasteiger partial charge in [-0.3, -0.25) is 14.5 Å². The molecule has 0 radical (unpaired) electrons. The van der Waals surface area contributed by atoms with Gasteiger partial charge in [-0.05, 0) is 36.1 Å². The molecule has 0 aromatic heterocycles. The SMILES string of the molecule is CCCCCCCCCCCCCNC(=O)c1ccc(CN(Cc2ccccc2)OOC(=O)C(CC)OC(C)=O)cc1. The molecular formula is C34H50N2O6. The molecule has 0 fully saturated rings. The number of carbonyl (C=O) groups is 3. The van der Waals surface area contributed by atoms with E-state index in [0.29, 0.717) is 25.2 Å². The molecular weight excluding hydrogens is 532 g/mol. The maximum atomic E-state index is 12.6. The summed E-state index contributed by atoms with van der Waals surface area (Å²) in [6.07, 6.45) is 13.3. The van der Waals surface area contributed by atoms with Crippen molar-refractivity contribution >= 4 is 17.8 Å². The summed E-state index contributed by atoms with van der Waals surface area (Å²) in [5.74, 6) is -1.44. The molecule has 1 N–H and O–H groups in total. The van der Waals surface area contributed by atoms with Crippen molar-refractivity contribution in [3.8, 4) is 0 Å². The minimum Gasteiger partial charge on any atom is -0.450 e. The largest absolute Gasteiger partial charge is 0.450 e. The number of carbonyl (C=O) groups excluding carboxylic acids is 3. The second kappa shape index (κ2) is 21.5. The highest BCUT2D eigenvalue weighted by Crippen LogP contribution is 2.14. The van der Waals surface area contributed by atoms with Gasteiger partial charge in [0.1, 0.15) is 0 Å². The number of hydroxylamine groups is 2. The molecule has 0 bridgehead atoms. The van der Waals surface area contributed by atoms with Gasteiger partial charge in [-0.2, -0.15) is 0 Å². The van der Waals surface area contributed by atoms with Gasteiger partial charge in [-0.25, -0.2) is 4.79 Å². The molecule has 0 spiro atoms. The first kappa shape index (κ1) is 35.0. The van der Waals surface area contributed by atoms with Crippen molar-refractivity contribution in [2.45, 2.75) is 117 Å². The Labute approximate surface area is 252 Å². The molecule has 1 atom stereocenters. The van der Waals surface area contributed by atoms with Crippen LogP contribution in [0.25, 0.3) is 0 Å². The van der Waals surface area contributed by atoms with E-state index in [-0.39, 0.29) is 12.3 Å². The average molecular weight is 583 g/mol. The lowest BCUT2D eigenvalue weighted by Crippen LogP contribution is -2.31. The van der Waals surface area contributed by atoms with Crippen LogP contribution in [0.1, 0.15) is 119 Å². The predicted molar refractivity (Wildman–Crippen MR) is 164 cm³/mol. The number of hydrogen-bond acceptors (Lipinski definition) is 7. The lowest BCUT2D eigenvalue weighted by Gasteiger charge is -2.21. The summed E-state index contributed by atoms with van der Waals surface area (Å²) in [5.41, 5.74) is 2.42. The Morgan fingerprint density at radius 3 is 1.83 bits per heavy atom. The van der Waals surface area contributed by atoms with Crippen LogP contribution in [0.4, 0.5) is 0 Å². The zero-order chi connectivity index (χ0) is 30.4. The second-order valence-electron chi connectivity index (χ2n) is 10.8. The molecule has 0 saturated heterocycles. The number of nitrogens with zero attached hydrogens (tertiary/aromatic N) is 1. The lowest BCUT2D eigenvalue weighted by molar-refractivity contribution is -0.408. The van der Waals surface area contributed by atoms with Gasteiger partial charge in [0.2, 0.25) is 6.10 Å². The Bertz CT molecular complexity index is 1030. The van der Waals surface area contributed by atoms with Crippen LogP contribution in [0, 0.1) is 0 Å². The van der Waals surface area contributed by atoms with Gasteiger partial charge in [0.25, 0.3) is 5.91 Å². The van der Waals surface area contributed by atoms with Crippen LogP contribution < -0.4 is 5.32 Å². The van der Waals surface area contributed by atoms with Crippen LogP contribution in [-0.2, 0) is 37.3 Å². The highest BCUT2D eigenvalue weighted by molar-refractivity contribution is 5.94. The molecule has 1 unspecified atom stereocenters. The first-order valence-electron chi connectivity index (χ1n) is 15.6. The number of rotatable bonds is 22. The normalized spacial score (nSPS) is 11.7. The zero-order valence-corrected chi connectivity index (χ0v) is 25.8. The molecule has 8 heteroatoms. The van der Waals surface area contributed by atoms with Gasteiger partial charge >= 0.3 is 11.9 Å². The van der Waals surface area contributed by atoms with Crippen molar-refractivity contribution in [1.29, 1.82) is 0 Å². The summed E-state index contributed by atoms with van der Waals surface area (Å²) >= 11 is 0. The highest BCUT2D eigenvalue weighted by atomic mass is 17.3. The van der Waals surface area contributed by atoms with Gasteiger partial charge in [0.15, 0.2) is 0 Å². The first-order chi connectivity index (χ1) is 20.4. The van der Waals surface area contributed by atoms with E-state index in [1.54, 1.807) is 19.1 Å².